The Morgan fingerprint density at radius 2 is 1.93 bits per heavy atom. The summed E-state index contributed by atoms with van der Waals surface area (Å²) in [6.07, 6.45) is 8.53. The summed E-state index contributed by atoms with van der Waals surface area (Å²) in [6.45, 7) is 0.288. The van der Waals surface area contributed by atoms with Gasteiger partial charge in [0.15, 0.2) is 5.16 Å². The Bertz CT molecular complexity index is 1020. The SMILES string of the molecule is O=C(CSc1nc2ccccc2c(=O)n1Cc1ccco1)NC1CCCCCC1. The molecule has 2 aromatic heterocycles. The number of nitrogens with zero attached hydrogens (tertiary/aromatic N) is 2. The number of amides is 1. The van der Waals surface area contributed by atoms with Crippen molar-refractivity contribution in [3.8, 4) is 0 Å². The minimum Gasteiger partial charge on any atom is -0.467 e. The van der Waals surface area contributed by atoms with Crippen molar-refractivity contribution in [2.45, 2.75) is 56.3 Å². The zero-order valence-corrected chi connectivity index (χ0v) is 17.1. The van der Waals surface area contributed by atoms with Crippen LogP contribution in [-0.2, 0) is 11.3 Å². The number of fused-ring (bicyclic) bond motifs is 1. The van der Waals surface area contributed by atoms with Crippen LogP contribution in [0.3, 0.4) is 0 Å². The van der Waals surface area contributed by atoms with Gasteiger partial charge >= 0.3 is 0 Å². The van der Waals surface area contributed by atoms with Crippen LogP contribution in [-0.4, -0.2) is 27.3 Å². The number of aromatic nitrogens is 2. The largest absolute Gasteiger partial charge is 0.467 e. The van der Waals surface area contributed by atoms with Crippen molar-refractivity contribution >= 4 is 28.6 Å². The monoisotopic (exact) mass is 411 g/mol. The van der Waals surface area contributed by atoms with Crippen molar-refractivity contribution in [2.24, 2.45) is 0 Å². The molecule has 0 saturated heterocycles. The fourth-order valence-electron chi connectivity index (χ4n) is 3.78. The number of nitrogens with one attached hydrogen (secondary N) is 1. The van der Waals surface area contributed by atoms with Gasteiger partial charge in [0, 0.05) is 6.04 Å². The van der Waals surface area contributed by atoms with Gasteiger partial charge in [0.25, 0.3) is 5.56 Å². The zero-order chi connectivity index (χ0) is 20.1. The van der Waals surface area contributed by atoms with Crippen molar-refractivity contribution in [2.75, 3.05) is 5.75 Å². The van der Waals surface area contributed by atoms with Crippen LogP contribution < -0.4 is 10.9 Å². The van der Waals surface area contributed by atoms with Gasteiger partial charge in [-0.05, 0) is 37.1 Å². The summed E-state index contributed by atoms with van der Waals surface area (Å²) in [5.41, 5.74) is 0.513. The fourth-order valence-corrected chi connectivity index (χ4v) is 4.59. The first-order valence-electron chi connectivity index (χ1n) is 10.1. The van der Waals surface area contributed by atoms with Crippen molar-refractivity contribution in [1.29, 1.82) is 0 Å². The van der Waals surface area contributed by atoms with E-state index in [1.807, 2.05) is 24.3 Å². The Balaban J connectivity index is 1.53. The molecule has 152 valence electrons. The second-order valence-electron chi connectivity index (χ2n) is 7.43. The van der Waals surface area contributed by atoms with E-state index in [4.69, 9.17) is 4.42 Å². The third-order valence-corrected chi connectivity index (χ3v) is 6.25. The average molecular weight is 412 g/mol. The first-order valence-corrected chi connectivity index (χ1v) is 11.1. The van der Waals surface area contributed by atoms with Crippen LogP contribution in [0.15, 0.2) is 57.0 Å². The molecule has 7 heteroatoms. The van der Waals surface area contributed by atoms with Crippen LogP contribution in [0.2, 0.25) is 0 Å². The zero-order valence-electron chi connectivity index (χ0n) is 16.3. The molecule has 3 aromatic rings. The molecular weight excluding hydrogens is 386 g/mol. The van der Waals surface area contributed by atoms with Crippen LogP contribution in [0.5, 0.6) is 0 Å². The molecule has 4 rings (SSSR count). The smallest absolute Gasteiger partial charge is 0.262 e. The third kappa shape index (κ3) is 4.90. The van der Waals surface area contributed by atoms with Gasteiger partial charge in [0.05, 0.1) is 29.5 Å². The lowest BCUT2D eigenvalue weighted by molar-refractivity contribution is -0.119. The van der Waals surface area contributed by atoms with Gasteiger partial charge in [-0.3, -0.25) is 14.2 Å². The number of carbonyl (C=O) groups excluding carboxylic acids is 1. The number of thioether (sulfide) groups is 1. The number of rotatable bonds is 6. The van der Waals surface area contributed by atoms with E-state index in [2.05, 4.69) is 10.3 Å². The standard InChI is InChI=1S/C22H25N3O3S/c26-20(23-16-8-3-1-2-4-9-16)15-29-22-24-19-12-6-5-11-18(19)21(27)25(22)14-17-10-7-13-28-17/h5-7,10-13,16H,1-4,8-9,14-15H2,(H,23,26). The summed E-state index contributed by atoms with van der Waals surface area (Å²) in [5, 5.41) is 4.24. The van der Waals surface area contributed by atoms with E-state index in [0.29, 0.717) is 21.8 Å². The van der Waals surface area contributed by atoms with Crippen molar-refractivity contribution in [3.05, 3.63) is 58.8 Å². The maximum absolute atomic E-state index is 13.0. The molecule has 0 unspecified atom stereocenters. The van der Waals surface area contributed by atoms with Gasteiger partial charge in [0.1, 0.15) is 5.76 Å². The lowest BCUT2D eigenvalue weighted by Crippen LogP contribution is -2.35. The summed E-state index contributed by atoms with van der Waals surface area (Å²) >= 11 is 1.30. The molecule has 29 heavy (non-hydrogen) atoms. The highest BCUT2D eigenvalue weighted by Crippen LogP contribution is 2.20. The number of hydrogen-bond acceptors (Lipinski definition) is 5. The molecule has 1 saturated carbocycles. The van der Waals surface area contributed by atoms with Crippen molar-refractivity contribution in [3.63, 3.8) is 0 Å². The molecule has 1 aromatic carbocycles. The Labute approximate surface area is 173 Å². The quantitative estimate of drug-likeness (QED) is 0.377. The predicted octanol–water partition coefficient (Wildman–Crippen LogP) is 3.97. The van der Waals surface area contributed by atoms with E-state index in [9.17, 15) is 9.59 Å². The van der Waals surface area contributed by atoms with E-state index < -0.39 is 0 Å². The first-order chi connectivity index (χ1) is 14.2. The van der Waals surface area contributed by atoms with Crippen molar-refractivity contribution in [1.82, 2.24) is 14.9 Å². The van der Waals surface area contributed by atoms with E-state index in [-0.39, 0.29) is 29.8 Å². The average Bonchev–Trinajstić information content (AvgIpc) is 3.11. The van der Waals surface area contributed by atoms with Crippen LogP contribution in [0.25, 0.3) is 10.9 Å². The van der Waals surface area contributed by atoms with E-state index in [1.54, 1.807) is 23.0 Å². The topological polar surface area (TPSA) is 77.1 Å². The molecular formula is C22H25N3O3S. The third-order valence-electron chi connectivity index (χ3n) is 5.27. The number of furan rings is 1. The maximum atomic E-state index is 13.0. The van der Waals surface area contributed by atoms with Crippen molar-refractivity contribution < 1.29 is 9.21 Å². The molecule has 0 bridgehead atoms. The first kappa shape index (κ1) is 19.8. The lowest BCUT2D eigenvalue weighted by Gasteiger charge is -2.16. The maximum Gasteiger partial charge on any atom is 0.262 e. The Morgan fingerprint density at radius 1 is 1.14 bits per heavy atom. The highest BCUT2D eigenvalue weighted by molar-refractivity contribution is 7.99. The number of para-hydroxylation sites is 1. The molecule has 1 amide bonds. The van der Waals surface area contributed by atoms with Gasteiger partial charge in [-0.25, -0.2) is 4.98 Å². The summed E-state index contributed by atoms with van der Waals surface area (Å²) in [4.78, 5) is 30.2. The summed E-state index contributed by atoms with van der Waals surface area (Å²) < 4.78 is 7.01. The molecule has 6 nitrogen and oxygen atoms in total. The van der Waals surface area contributed by atoms with Gasteiger partial charge in [0.2, 0.25) is 5.91 Å². The van der Waals surface area contributed by atoms with Crippen LogP contribution >= 0.6 is 11.8 Å². The second kappa shape index (κ2) is 9.31. The molecule has 1 aliphatic carbocycles. The van der Waals surface area contributed by atoms with Crippen LogP contribution in [0, 0.1) is 0 Å². The molecule has 0 radical (unpaired) electrons. The summed E-state index contributed by atoms with van der Waals surface area (Å²) in [6, 6.07) is 11.2. The Hall–Kier alpha value is -2.54. The predicted molar refractivity (Wildman–Crippen MR) is 114 cm³/mol. The molecule has 0 spiro atoms. The number of benzene rings is 1. The summed E-state index contributed by atoms with van der Waals surface area (Å²) in [5.74, 6) is 0.905. The van der Waals surface area contributed by atoms with Crippen LogP contribution in [0.4, 0.5) is 0 Å². The molecule has 2 heterocycles. The van der Waals surface area contributed by atoms with E-state index in [1.165, 1.54) is 37.4 Å². The number of carbonyl (C=O) groups is 1. The highest BCUT2D eigenvalue weighted by atomic mass is 32.2. The molecule has 1 aliphatic rings. The van der Waals surface area contributed by atoms with Gasteiger partial charge < -0.3 is 9.73 Å². The minimum atomic E-state index is -0.126. The molecule has 1 fully saturated rings. The Kier molecular flexibility index (Phi) is 6.34. The summed E-state index contributed by atoms with van der Waals surface area (Å²) in [7, 11) is 0. The molecule has 0 atom stereocenters. The molecule has 1 N–H and O–H groups in total. The Morgan fingerprint density at radius 3 is 2.69 bits per heavy atom. The van der Waals surface area contributed by atoms with E-state index >= 15 is 0 Å². The van der Waals surface area contributed by atoms with E-state index in [0.717, 1.165) is 12.8 Å². The number of hydrogen-bond donors (Lipinski definition) is 1. The normalized spacial score (nSPS) is 15.3. The highest BCUT2D eigenvalue weighted by Gasteiger charge is 2.17. The van der Waals surface area contributed by atoms with Gasteiger partial charge in [-0.15, -0.1) is 0 Å². The van der Waals surface area contributed by atoms with Crippen LogP contribution in [0.1, 0.15) is 44.3 Å². The minimum absolute atomic E-state index is 0.00569. The second-order valence-corrected chi connectivity index (χ2v) is 8.37. The fraction of sp³-hybridized carbons (Fsp3) is 0.409. The van der Waals surface area contributed by atoms with Gasteiger partial charge in [-0.1, -0.05) is 49.6 Å². The molecule has 0 aliphatic heterocycles. The van der Waals surface area contributed by atoms with Gasteiger partial charge in [-0.2, -0.15) is 0 Å². The lowest BCUT2D eigenvalue weighted by atomic mass is 10.1.